The number of ether oxygens (including phenoxy) is 3. The summed E-state index contributed by atoms with van der Waals surface area (Å²) in [5, 5.41) is 8.43. The molecule has 11 nitrogen and oxygen atoms in total. The first kappa shape index (κ1) is 23.6. The Morgan fingerprint density at radius 2 is 2.11 bits per heavy atom. The quantitative estimate of drug-likeness (QED) is 0.349. The van der Waals surface area contributed by atoms with Gasteiger partial charge in [-0.1, -0.05) is 0 Å². The number of amides is 1. The number of hydrogen-bond acceptors (Lipinski definition) is 7. The second-order valence-electron chi connectivity index (χ2n) is 7.93. The molecule has 0 bridgehead atoms. The smallest absolute Gasteiger partial charge is 0.388 e. The van der Waals surface area contributed by atoms with Crippen molar-refractivity contribution >= 4 is 16.9 Å². The van der Waals surface area contributed by atoms with Crippen LogP contribution in [0.5, 0.6) is 11.8 Å². The minimum atomic E-state index is -3.16. The molecule has 0 fully saturated rings. The number of fused-ring (bicyclic) bond motifs is 2. The average molecular weight is 509 g/mol. The number of rotatable bonds is 8. The summed E-state index contributed by atoms with van der Waals surface area (Å²) < 4.78 is 72.8. The van der Waals surface area contributed by atoms with Gasteiger partial charge >= 0.3 is 6.61 Å². The molecule has 1 aliphatic heterocycles. The number of halogens is 4. The second-order valence-corrected chi connectivity index (χ2v) is 7.93. The zero-order chi connectivity index (χ0) is 25.6. The molecule has 3 N–H and O–H groups in total. The lowest BCUT2D eigenvalue weighted by atomic mass is 10.0. The zero-order valence-corrected chi connectivity index (χ0v) is 18.6. The average Bonchev–Trinajstić information content (AvgIpc) is 3.49. The Balaban J connectivity index is 1.70. The maximum Gasteiger partial charge on any atom is 0.388 e. The van der Waals surface area contributed by atoms with E-state index in [4.69, 9.17) is 15.2 Å². The lowest BCUT2D eigenvalue weighted by molar-refractivity contribution is -0.126. The van der Waals surface area contributed by atoms with Gasteiger partial charge in [0.05, 0.1) is 23.4 Å². The fraction of sp³-hybridized carbons (Fsp3) is 0.333. The number of primary amides is 1. The van der Waals surface area contributed by atoms with Gasteiger partial charge in [0.1, 0.15) is 30.7 Å². The van der Waals surface area contributed by atoms with Crippen LogP contribution < -0.4 is 15.2 Å². The van der Waals surface area contributed by atoms with Crippen LogP contribution in [0, 0.1) is 0 Å². The van der Waals surface area contributed by atoms with Gasteiger partial charge in [0.25, 0.3) is 6.43 Å². The molecular formula is C21H19F4N7O4. The van der Waals surface area contributed by atoms with Crippen molar-refractivity contribution in [2.24, 2.45) is 12.8 Å². The summed E-state index contributed by atoms with van der Waals surface area (Å²) in [6.45, 7) is -3.57. The van der Waals surface area contributed by atoms with Gasteiger partial charge in [-0.25, -0.2) is 18.4 Å². The Labute approximate surface area is 199 Å². The van der Waals surface area contributed by atoms with E-state index >= 15 is 0 Å². The lowest BCUT2D eigenvalue weighted by Crippen LogP contribution is -2.35. The molecule has 1 amide bonds. The van der Waals surface area contributed by atoms with E-state index in [-0.39, 0.29) is 53.9 Å². The van der Waals surface area contributed by atoms with Crippen LogP contribution >= 0.6 is 0 Å². The van der Waals surface area contributed by atoms with Gasteiger partial charge in [0.2, 0.25) is 17.7 Å². The monoisotopic (exact) mass is 509 g/mol. The third-order valence-corrected chi connectivity index (χ3v) is 5.47. The highest BCUT2D eigenvalue weighted by Crippen LogP contribution is 2.47. The van der Waals surface area contributed by atoms with Crippen LogP contribution in [-0.4, -0.2) is 61.4 Å². The standard InChI is InChI=1S/C21H19F4N7O4/c1-31-6-11(19(30-31)36-21(24)25)13-10-3-2-4-27-18(10)28-15(13)14-16(17(22)23)29-32-5-9(7-35-20(14)32)34-8-12(26)33/h2-4,6,9,17,21H,5,7-8H2,1H3,(H2,26,33)(H,27,28)/t9-/m0/s1. The molecule has 0 saturated carbocycles. The van der Waals surface area contributed by atoms with Gasteiger partial charge in [-0.05, 0) is 12.1 Å². The largest absolute Gasteiger partial charge is 0.474 e. The molecule has 4 aromatic heterocycles. The number of carbonyl (C=O) groups is 1. The summed E-state index contributed by atoms with van der Waals surface area (Å²) in [5.74, 6) is -1.07. The van der Waals surface area contributed by atoms with E-state index in [0.29, 0.717) is 11.0 Å². The molecule has 0 aliphatic carbocycles. The minimum absolute atomic E-state index is 0.0113. The molecule has 1 atom stereocenters. The van der Waals surface area contributed by atoms with Crippen molar-refractivity contribution in [1.82, 2.24) is 29.5 Å². The summed E-state index contributed by atoms with van der Waals surface area (Å²) in [6.07, 6.45) is -0.741. The van der Waals surface area contributed by atoms with E-state index < -0.39 is 30.7 Å². The highest BCUT2D eigenvalue weighted by Gasteiger charge is 2.35. The van der Waals surface area contributed by atoms with Crippen LogP contribution in [0.3, 0.4) is 0 Å². The number of pyridine rings is 1. The van der Waals surface area contributed by atoms with Gasteiger partial charge < -0.3 is 24.9 Å². The van der Waals surface area contributed by atoms with Crippen molar-refractivity contribution in [3.05, 3.63) is 30.2 Å². The number of aromatic amines is 1. The summed E-state index contributed by atoms with van der Waals surface area (Å²) in [7, 11) is 1.51. The van der Waals surface area contributed by atoms with E-state index in [1.54, 1.807) is 12.1 Å². The number of hydrogen-bond donors (Lipinski definition) is 2. The Kier molecular flexibility index (Phi) is 5.99. The molecule has 190 valence electrons. The molecule has 0 spiro atoms. The molecule has 0 radical (unpaired) electrons. The summed E-state index contributed by atoms with van der Waals surface area (Å²) >= 11 is 0. The second kappa shape index (κ2) is 9.14. The SMILES string of the molecule is Cn1cc(-c2c(-c3c(C(F)F)nn4c3OC[C@@H](OCC(N)=O)C4)[nH]c3ncccc23)c(OC(F)F)n1. The maximum absolute atomic E-state index is 14.2. The number of aromatic nitrogens is 6. The number of carbonyl (C=O) groups excluding carboxylic acids is 1. The topological polar surface area (TPSA) is 135 Å². The molecule has 0 saturated heterocycles. The molecule has 5 heterocycles. The molecule has 36 heavy (non-hydrogen) atoms. The number of aryl methyl sites for hydroxylation is 1. The van der Waals surface area contributed by atoms with Crippen LogP contribution in [0.4, 0.5) is 17.6 Å². The zero-order valence-electron chi connectivity index (χ0n) is 18.6. The van der Waals surface area contributed by atoms with Gasteiger partial charge in [-0.15, -0.1) is 5.10 Å². The van der Waals surface area contributed by atoms with E-state index in [1.807, 2.05) is 0 Å². The van der Waals surface area contributed by atoms with Crippen LogP contribution in [0.25, 0.3) is 33.4 Å². The van der Waals surface area contributed by atoms with Crippen molar-refractivity contribution in [3.8, 4) is 34.1 Å². The normalized spacial score (nSPS) is 15.5. The molecule has 0 unspecified atom stereocenters. The Morgan fingerprint density at radius 1 is 1.31 bits per heavy atom. The maximum atomic E-state index is 14.2. The number of nitrogens with one attached hydrogen (secondary N) is 1. The van der Waals surface area contributed by atoms with E-state index in [0.717, 1.165) is 0 Å². The van der Waals surface area contributed by atoms with Crippen molar-refractivity contribution in [2.45, 2.75) is 25.7 Å². The summed E-state index contributed by atoms with van der Waals surface area (Å²) in [5.41, 5.74) is 5.24. The number of nitrogens with zero attached hydrogens (tertiary/aromatic N) is 5. The summed E-state index contributed by atoms with van der Waals surface area (Å²) in [6, 6.07) is 3.27. The third kappa shape index (κ3) is 4.21. The van der Waals surface area contributed by atoms with E-state index in [1.165, 1.54) is 28.8 Å². The van der Waals surface area contributed by atoms with E-state index in [9.17, 15) is 22.4 Å². The Hall–Kier alpha value is -4.14. The molecule has 4 aromatic rings. The Bertz CT molecular complexity index is 1430. The van der Waals surface area contributed by atoms with E-state index in [2.05, 4.69) is 24.9 Å². The predicted octanol–water partition coefficient (Wildman–Crippen LogP) is 2.63. The molecule has 1 aliphatic rings. The van der Waals surface area contributed by atoms with Crippen LogP contribution in [0.1, 0.15) is 12.1 Å². The number of alkyl halides is 4. The first-order valence-electron chi connectivity index (χ1n) is 10.6. The van der Waals surface area contributed by atoms with Gasteiger partial charge in [-0.2, -0.15) is 13.9 Å². The molecule has 5 rings (SSSR count). The first-order chi connectivity index (χ1) is 17.2. The highest BCUT2D eigenvalue weighted by atomic mass is 19.3. The Morgan fingerprint density at radius 3 is 2.83 bits per heavy atom. The van der Waals surface area contributed by atoms with Crippen molar-refractivity contribution in [2.75, 3.05) is 13.2 Å². The number of nitrogens with two attached hydrogens (primary N) is 1. The predicted molar refractivity (Wildman–Crippen MR) is 116 cm³/mol. The molecular weight excluding hydrogens is 490 g/mol. The van der Waals surface area contributed by atoms with Crippen LogP contribution in [-0.2, 0) is 23.1 Å². The van der Waals surface area contributed by atoms with Gasteiger partial charge in [0, 0.05) is 30.4 Å². The van der Waals surface area contributed by atoms with Crippen molar-refractivity contribution < 1.29 is 36.6 Å². The van der Waals surface area contributed by atoms with Crippen molar-refractivity contribution in [1.29, 1.82) is 0 Å². The highest BCUT2D eigenvalue weighted by molar-refractivity contribution is 6.04. The third-order valence-electron chi connectivity index (χ3n) is 5.47. The first-order valence-corrected chi connectivity index (χ1v) is 10.6. The summed E-state index contributed by atoms with van der Waals surface area (Å²) in [4.78, 5) is 18.3. The van der Waals surface area contributed by atoms with Gasteiger partial charge in [0.15, 0.2) is 0 Å². The number of H-pyrrole nitrogens is 1. The fourth-order valence-electron chi connectivity index (χ4n) is 4.14. The minimum Gasteiger partial charge on any atom is -0.474 e. The lowest BCUT2D eigenvalue weighted by Gasteiger charge is -2.24. The fourth-order valence-corrected chi connectivity index (χ4v) is 4.14. The van der Waals surface area contributed by atoms with Crippen LogP contribution in [0.15, 0.2) is 24.5 Å². The molecule has 15 heteroatoms. The van der Waals surface area contributed by atoms with Crippen LogP contribution in [0.2, 0.25) is 0 Å². The van der Waals surface area contributed by atoms with Gasteiger partial charge in [-0.3, -0.25) is 9.48 Å². The molecule has 0 aromatic carbocycles. The van der Waals surface area contributed by atoms with Crippen molar-refractivity contribution in [3.63, 3.8) is 0 Å².